The van der Waals surface area contributed by atoms with Gasteiger partial charge in [0, 0.05) is 29.2 Å². The van der Waals surface area contributed by atoms with Crippen LogP contribution in [0.2, 0.25) is 5.15 Å². The summed E-state index contributed by atoms with van der Waals surface area (Å²) in [6.07, 6.45) is 1.23. The van der Waals surface area contributed by atoms with Gasteiger partial charge >= 0.3 is 0 Å². The van der Waals surface area contributed by atoms with E-state index in [0.29, 0.717) is 57.9 Å². The van der Waals surface area contributed by atoms with Crippen molar-refractivity contribution in [1.82, 2.24) is 19.9 Å². The maximum absolute atomic E-state index is 14.2. The van der Waals surface area contributed by atoms with Gasteiger partial charge in [-0.15, -0.1) is 0 Å². The predicted octanol–water partition coefficient (Wildman–Crippen LogP) is 2.75. The maximum Gasteiger partial charge on any atom is 0.146 e. The van der Waals surface area contributed by atoms with Crippen molar-refractivity contribution in [3.05, 3.63) is 51.2 Å². The van der Waals surface area contributed by atoms with Crippen LogP contribution in [0.15, 0.2) is 29.1 Å². The van der Waals surface area contributed by atoms with E-state index in [4.69, 9.17) is 16.3 Å². The standard InChI is InChI=1S/C20H19BrClFN4O3/c21-11-7-27(20-16(11)19(22)25-8-26-20)13-5-15(18(29)17(13)28)30-14-2-1-12(23)9-3-4-24-6-10(9)14/h1-2,7-8,13,15,17-18,24,28-29H,3-6H2/t13-,15+,17+,18-/m1/s1. The highest BCUT2D eigenvalue weighted by Crippen LogP contribution is 2.40. The average Bonchev–Trinajstić information content (AvgIpc) is 3.22. The Morgan fingerprint density at radius 1 is 1.23 bits per heavy atom. The molecule has 0 radical (unpaired) electrons. The number of aliphatic hydroxyl groups is 2. The minimum Gasteiger partial charge on any atom is -0.487 e. The van der Waals surface area contributed by atoms with Crippen LogP contribution in [-0.4, -0.2) is 49.6 Å². The molecule has 4 atom stereocenters. The normalized spacial score (nSPS) is 26.2. The number of aromatic nitrogens is 3. The maximum atomic E-state index is 14.2. The zero-order valence-corrected chi connectivity index (χ0v) is 18.1. The van der Waals surface area contributed by atoms with Crippen LogP contribution in [0.4, 0.5) is 4.39 Å². The quantitative estimate of drug-likeness (QED) is 0.482. The van der Waals surface area contributed by atoms with E-state index in [2.05, 4.69) is 31.2 Å². The Hall–Kier alpha value is -1.78. The average molecular weight is 498 g/mol. The first kappa shape index (κ1) is 20.1. The van der Waals surface area contributed by atoms with Crippen molar-refractivity contribution in [2.75, 3.05) is 6.54 Å². The molecule has 30 heavy (non-hydrogen) atoms. The van der Waals surface area contributed by atoms with Crippen molar-refractivity contribution < 1.29 is 19.3 Å². The van der Waals surface area contributed by atoms with Crippen molar-refractivity contribution in [3.63, 3.8) is 0 Å². The van der Waals surface area contributed by atoms with Crippen LogP contribution in [0.1, 0.15) is 23.6 Å². The molecule has 1 aliphatic heterocycles. The van der Waals surface area contributed by atoms with E-state index in [0.717, 1.165) is 5.56 Å². The first-order chi connectivity index (χ1) is 14.5. The molecular weight excluding hydrogens is 479 g/mol. The first-order valence-electron chi connectivity index (χ1n) is 9.66. The number of nitrogens with zero attached hydrogens (tertiary/aromatic N) is 3. The highest BCUT2D eigenvalue weighted by Gasteiger charge is 2.45. The molecule has 0 unspecified atom stereocenters. The molecule has 10 heteroatoms. The summed E-state index contributed by atoms with van der Waals surface area (Å²) < 4.78 is 22.8. The molecule has 7 nitrogen and oxygen atoms in total. The van der Waals surface area contributed by atoms with Crippen molar-refractivity contribution >= 4 is 38.6 Å². The number of ether oxygens (including phenoxy) is 1. The number of benzene rings is 1. The van der Waals surface area contributed by atoms with Crippen LogP contribution < -0.4 is 10.1 Å². The van der Waals surface area contributed by atoms with Gasteiger partial charge in [-0.05, 0) is 46.6 Å². The van der Waals surface area contributed by atoms with E-state index in [1.165, 1.54) is 12.4 Å². The van der Waals surface area contributed by atoms with Crippen molar-refractivity contribution in [1.29, 1.82) is 0 Å². The number of halogens is 3. The van der Waals surface area contributed by atoms with Crippen LogP contribution in [0.5, 0.6) is 5.75 Å². The third-order valence-corrected chi connectivity index (χ3v) is 6.82. The number of rotatable bonds is 3. The Labute approximate surface area is 185 Å². The van der Waals surface area contributed by atoms with Gasteiger partial charge < -0.3 is 24.8 Å². The summed E-state index contributed by atoms with van der Waals surface area (Å²) in [5, 5.41) is 25.6. The molecule has 3 aromatic rings. The van der Waals surface area contributed by atoms with Crippen molar-refractivity contribution in [3.8, 4) is 5.75 Å². The Bertz CT molecular complexity index is 1130. The number of hydrogen-bond acceptors (Lipinski definition) is 6. The predicted molar refractivity (Wildman–Crippen MR) is 112 cm³/mol. The largest absolute Gasteiger partial charge is 0.487 e. The first-order valence-corrected chi connectivity index (χ1v) is 10.8. The highest BCUT2D eigenvalue weighted by molar-refractivity contribution is 9.10. The highest BCUT2D eigenvalue weighted by atomic mass is 79.9. The Kier molecular flexibility index (Phi) is 5.19. The number of aliphatic hydroxyl groups excluding tert-OH is 2. The van der Waals surface area contributed by atoms with Crippen molar-refractivity contribution in [2.24, 2.45) is 0 Å². The minimum absolute atomic E-state index is 0.246. The number of hydrogen-bond donors (Lipinski definition) is 3. The van der Waals surface area contributed by atoms with Crippen LogP contribution in [0.3, 0.4) is 0 Å². The molecule has 1 aromatic carbocycles. The second-order valence-electron chi connectivity index (χ2n) is 7.62. The van der Waals surface area contributed by atoms with Crippen LogP contribution in [0.25, 0.3) is 11.0 Å². The third-order valence-electron chi connectivity index (χ3n) is 5.94. The zero-order chi connectivity index (χ0) is 21.0. The van der Waals surface area contributed by atoms with Crippen LogP contribution in [0, 0.1) is 5.82 Å². The number of nitrogens with one attached hydrogen (secondary N) is 1. The lowest BCUT2D eigenvalue weighted by atomic mass is 9.99. The lowest BCUT2D eigenvalue weighted by Gasteiger charge is -2.24. The molecule has 1 fully saturated rings. The smallest absolute Gasteiger partial charge is 0.146 e. The van der Waals surface area contributed by atoms with Gasteiger partial charge in [0.1, 0.15) is 47.0 Å². The van der Waals surface area contributed by atoms with Gasteiger partial charge in [0.2, 0.25) is 0 Å². The Morgan fingerprint density at radius 3 is 2.90 bits per heavy atom. The second kappa shape index (κ2) is 7.72. The molecule has 0 amide bonds. The monoisotopic (exact) mass is 496 g/mol. The molecular formula is C20H19BrClFN4O3. The van der Waals surface area contributed by atoms with Crippen LogP contribution >= 0.6 is 27.5 Å². The van der Waals surface area contributed by atoms with E-state index in [9.17, 15) is 14.6 Å². The fourth-order valence-corrected chi connectivity index (χ4v) is 5.35. The molecule has 2 aromatic heterocycles. The fourth-order valence-electron chi connectivity index (χ4n) is 4.42. The summed E-state index contributed by atoms with van der Waals surface area (Å²) in [6.45, 7) is 1.21. The summed E-state index contributed by atoms with van der Waals surface area (Å²) in [6, 6.07) is 2.51. The molecule has 2 aliphatic rings. The summed E-state index contributed by atoms with van der Waals surface area (Å²) in [4.78, 5) is 8.30. The van der Waals surface area contributed by atoms with Gasteiger partial charge in [-0.25, -0.2) is 14.4 Å². The van der Waals surface area contributed by atoms with E-state index >= 15 is 0 Å². The molecule has 1 saturated carbocycles. The molecule has 1 aliphatic carbocycles. The Balaban J connectivity index is 1.46. The summed E-state index contributed by atoms with van der Waals surface area (Å²) in [5.41, 5.74) is 1.96. The molecule has 0 bridgehead atoms. The summed E-state index contributed by atoms with van der Waals surface area (Å²) in [5.74, 6) is 0.281. The molecule has 0 saturated heterocycles. The molecule has 3 N–H and O–H groups in total. The Morgan fingerprint density at radius 2 is 2.07 bits per heavy atom. The fraction of sp³-hybridized carbons (Fsp3) is 0.400. The number of fused-ring (bicyclic) bond motifs is 2. The van der Waals surface area contributed by atoms with E-state index in [1.807, 2.05) is 0 Å². The topological polar surface area (TPSA) is 92.4 Å². The van der Waals surface area contributed by atoms with Crippen molar-refractivity contribution in [2.45, 2.75) is 43.7 Å². The molecule has 3 heterocycles. The summed E-state index contributed by atoms with van der Waals surface area (Å²) >= 11 is 9.66. The minimum atomic E-state index is -1.11. The van der Waals surface area contributed by atoms with Gasteiger partial charge in [0.25, 0.3) is 0 Å². The molecule has 0 spiro atoms. The van der Waals surface area contributed by atoms with Crippen LogP contribution in [-0.2, 0) is 13.0 Å². The lowest BCUT2D eigenvalue weighted by molar-refractivity contribution is -0.0166. The lowest BCUT2D eigenvalue weighted by Crippen LogP contribution is -2.35. The van der Waals surface area contributed by atoms with Gasteiger partial charge in [0.05, 0.1) is 11.4 Å². The molecule has 158 valence electrons. The zero-order valence-electron chi connectivity index (χ0n) is 15.7. The molecule has 5 rings (SSSR count). The van der Waals surface area contributed by atoms with Gasteiger partial charge in [-0.2, -0.15) is 0 Å². The van der Waals surface area contributed by atoms with Gasteiger partial charge in [-0.3, -0.25) is 0 Å². The third kappa shape index (κ3) is 3.20. The SMILES string of the molecule is O[C@@H]1[C@H](O)[C@@H](Oc2ccc(F)c3c2CNCC3)C[C@H]1n1cc(Br)c2c(Cl)ncnc21. The van der Waals surface area contributed by atoms with E-state index in [-0.39, 0.29) is 5.82 Å². The van der Waals surface area contributed by atoms with E-state index < -0.39 is 24.4 Å². The van der Waals surface area contributed by atoms with Gasteiger partial charge in [-0.1, -0.05) is 11.6 Å². The van der Waals surface area contributed by atoms with E-state index in [1.54, 1.807) is 16.8 Å². The second-order valence-corrected chi connectivity index (χ2v) is 8.83. The summed E-state index contributed by atoms with van der Waals surface area (Å²) in [7, 11) is 0. The van der Waals surface area contributed by atoms with Gasteiger partial charge in [0.15, 0.2) is 0 Å².